The standard InChI is InChI=1S/C23H29N3O3S/c1-24-11-13-25(14-12-24)21-10-6-5-9-20(21)17-22-23(27)26(15-16-30(22,28)29)18-19-7-3-2-4-8-19/h2-10,17,28-29H,11-16,18H2,1H3/b22-17+. The Hall–Kier alpha value is -2.32. The van der Waals surface area contributed by atoms with Crippen molar-refractivity contribution in [2.24, 2.45) is 0 Å². The number of hydrogen-bond acceptors (Lipinski definition) is 5. The molecular formula is C23H29N3O3S. The number of benzene rings is 2. The van der Waals surface area contributed by atoms with E-state index in [-0.39, 0.29) is 16.6 Å². The third kappa shape index (κ3) is 4.54. The summed E-state index contributed by atoms with van der Waals surface area (Å²) < 4.78 is 21.4. The van der Waals surface area contributed by atoms with E-state index in [4.69, 9.17) is 0 Å². The van der Waals surface area contributed by atoms with Gasteiger partial charge in [-0.2, -0.15) is 10.6 Å². The van der Waals surface area contributed by atoms with E-state index >= 15 is 0 Å². The van der Waals surface area contributed by atoms with Gasteiger partial charge in [-0.05, 0) is 30.3 Å². The first-order chi connectivity index (χ1) is 14.4. The summed E-state index contributed by atoms with van der Waals surface area (Å²) >= 11 is 0. The van der Waals surface area contributed by atoms with E-state index in [9.17, 15) is 13.9 Å². The summed E-state index contributed by atoms with van der Waals surface area (Å²) in [5, 5.41) is 0. The fourth-order valence-electron chi connectivity index (χ4n) is 3.94. The van der Waals surface area contributed by atoms with Crippen molar-refractivity contribution in [3.63, 3.8) is 0 Å². The molecule has 2 N–H and O–H groups in total. The van der Waals surface area contributed by atoms with Crippen LogP contribution in [-0.4, -0.2) is 70.3 Å². The Kier molecular flexibility index (Phi) is 6.15. The number of hydrogen-bond donors (Lipinski definition) is 2. The number of nitrogens with zero attached hydrogens (tertiary/aromatic N) is 3. The predicted molar refractivity (Wildman–Crippen MR) is 124 cm³/mol. The normalized spacial score (nSPS) is 22.4. The number of amides is 1. The molecule has 0 bridgehead atoms. The fourth-order valence-corrected chi connectivity index (χ4v) is 5.36. The van der Waals surface area contributed by atoms with Gasteiger partial charge in [-0.25, -0.2) is 0 Å². The number of rotatable bonds is 4. The molecule has 2 saturated heterocycles. The van der Waals surface area contributed by atoms with Crippen LogP contribution in [0.3, 0.4) is 0 Å². The molecule has 0 atom stereocenters. The van der Waals surface area contributed by atoms with Gasteiger partial charge in [0.15, 0.2) is 0 Å². The molecule has 0 saturated carbocycles. The average Bonchev–Trinajstić information content (AvgIpc) is 2.75. The quantitative estimate of drug-likeness (QED) is 0.730. The van der Waals surface area contributed by atoms with E-state index in [2.05, 4.69) is 16.8 Å². The van der Waals surface area contributed by atoms with Gasteiger partial charge in [0.05, 0.1) is 5.75 Å². The highest BCUT2D eigenvalue weighted by atomic mass is 32.3. The van der Waals surface area contributed by atoms with E-state index in [0.717, 1.165) is 43.0 Å². The zero-order valence-electron chi connectivity index (χ0n) is 17.3. The zero-order valence-corrected chi connectivity index (χ0v) is 18.1. The molecule has 2 heterocycles. The smallest absolute Gasteiger partial charge is 0.270 e. The van der Waals surface area contributed by atoms with Crippen LogP contribution in [0.4, 0.5) is 5.69 Å². The molecule has 30 heavy (non-hydrogen) atoms. The SMILES string of the molecule is CN1CCN(c2ccccc2/C=C2\C(=O)N(Cc3ccccc3)CCS2(O)O)CC1. The summed E-state index contributed by atoms with van der Waals surface area (Å²) in [6.07, 6.45) is 1.70. The van der Waals surface area contributed by atoms with Crippen LogP contribution in [0.25, 0.3) is 6.08 Å². The molecular weight excluding hydrogens is 398 g/mol. The molecule has 0 spiro atoms. The summed E-state index contributed by atoms with van der Waals surface area (Å²) in [7, 11) is -0.996. The minimum Gasteiger partial charge on any atom is -0.368 e. The predicted octanol–water partition coefficient (Wildman–Crippen LogP) is 3.57. The summed E-state index contributed by atoms with van der Waals surface area (Å²) in [5.41, 5.74) is 2.91. The van der Waals surface area contributed by atoms with Gasteiger partial charge in [0.2, 0.25) is 0 Å². The Balaban J connectivity index is 1.63. The maximum Gasteiger partial charge on any atom is 0.270 e. The number of para-hydroxylation sites is 1. The van der Waals surface area contributed by atoms with Gasteiger partial charge >= 0.3 is 0 Å². The first kappa shape index (κ1) is 20.9. The second-order valence-corrected chi connectivity index (χ2v) is 10.1. The van der Waals surface area contributed by atoms with Gasteiger partial charge in [0.1, 0.15) is 4.91 Å². The van der Waals surface area contributed by atoms with Gasteiger partial charge in [-0.15, -0.1) is 0 Å². The van der Waals surface area contributed by atoms with E-state index < -0.39 is 10.6 Å². The van der Waals surface area contributed by atoms with Crippen molar-refractivity contribution in [1.82, 2.24) is 9.80 Å². The lowest BCUT2D eigenvalue weighted by Crippen LogP contribution is -2.44. The lowest BCUT2D eigenvalue weighted by atomic mass is 10.1. The summed E-state index contributed by atoms with van der Waals surface area (Å²) in [6, 6.07) is 17.7. The van der Waals surface area contributed by atoms with E-state index in [0.29, 0.717) is 13.1 Å². The van der Waals surface area contributed by atoms with Crippen LogP contribution in [0, 0.1) is 0 Å². The van der Waals surface area contributed by atoms with Gasteiger partial charge in [-0.3, -0.25) is 13.9 Å². The minimum absolute atomic E-state index is 0.117. The van der Waals surface area contributed by atoms with Crippen LogP contribution in [0.15, 0.2) is 59.5 Å². The van der Waals surface area contributed by atoms with Crippen LogP contribution >= 0.6 is 10.6 Å². The van der Waals surface area contributed by atoms with Crippen LogP contribution in [0.2, 0.25) is 0 Å². The summed E-state index contributed by atoms with van der Waals surface area (Å²) in [5.74, 6) is -0.119. The highest BCUT2D eigenvalue weighted by Gasteiger charge is 2.35. The van der Waals surface area contributed by atoms with Gasteiger partial charge in [0.25, 0.3) is 5.91 Å². The molecule has 0 aliphatic carbocycles. The van der Waals surface area contributed by atoms with Crippen LogP contribution < -0.4 is 4.90 Å². The topological polar surface area (TPSA) is 67.2 Å². The molecule has 2 aromatic rings. The van der Waals surface area contributed by atoms with E-state index in [1.54, 1.807) is 11.0 Å². The monoisotopic (exact) mass is 427 g/mol. The molecule has 7 heteroatoms. The molecule has 1 amide bonds. The molecule has 2 aliphatic heterocycles. The average molecular weight is 428 g/mol. The number of likely N-dealkylation sites (N-methyl/N-ethyl adjacent to an activating group) is 1. The van der Waals surface area contributed by atoms with Crippen molar-refractivity contribution in [3.8, 4) is 0 Å². The second kappa shape index (κ2) is 8.81. The van der Waals surface area contributed by atoms with Crippen molar-refractivity contribution in [3.05, 3.63) is 70.6 Å². The van der Waals surface area contributed by atoms with Gasteiger partial charge < -0.3 is 14.7 Å². The first-order valence-corrected chi connectivity index (χ1v) is 12.0. The number of piperazine rings is 1. The lowest BCUT2D eigenvalue weighted by Gasteiger charge is -2.42. The van der Waals surface area contributed by atoms with E-state index in [1.807, 2.05) is 54.6 Å². The third-order valence-corrected chi connectivity index (χ3v) is 7.53. The van der Waals surface area contributed by atoms with Crippen LogP contribution in [-0.2, 0) is 11.3 Å². The maximum atomic E-state index is 13.2. The Labute approximate surface area is 179 Å². The first-order valence-electron chi connectivity index (χ1n) is 10.3. The lowest BCUT2D eigenvalue weighted by molar-refractivity contribution is -0.127. The minimum atomic E-state index is -3.11. The Bertz CT molecular complexity index is 924. The van der Waals surface area contributed by atoms with Crippen molar-refractivity contribution in [2.45, 2.75) is 6.54 Å². The second-order valence-electron chi connectivity index (χ2n) is 7.94. The maximum absolute atomic E-state index is 13.2. The molecule has 0 radical (unpaired) electrons. The molecule has 0 aromatic heterocycles. The molecule has 0 unspecified atom stereocenters. The van der Waals surface area contributed by atoms with Crippen molar-refractivity contribution < 1.29 is 13.9 Å². The summed E-state index contributed by atoms with van der Waals surface area (Å²) in [6.45, 7) is 4.57. The van der Waals surface area contributed by atoms with Crippen LogP contribution in [0.5, 0.6) is 0 Å². The molecule has 160 valence electrons. The molecule has 4 rings (SSSR count). The molecule has 2 aliphatic rings. The Morgan fingerprint density at radius 2 is 1.60 bits per heavy atom. The molecule has 2 fully saturated rings. The van der Waals surface area contributed by atoms with E-state index in [1.165, 1.54) is 0 Å². The zero-order chi connectivity index (χ0) is 21.1. The Morgan fingerprint density at radius 1 is 0.933 bits per heavy atom. The van der Waals surface area contributed by atoms with Crippen LogP contribution in [0.1, 0.15) is 11.1 Å². The summed E-state index contributed by atoms with van der Waals surface area (Å²) in [4.78, 5) is 19.6. The third-order valence-electron chi connectivity index (χ3n) is 5.78. The largest absolute Gasteiger partial charge is 0.368 e. The number of anilines is 1. The fraction of sp³-hybridized carbons (Fsp3) is 0.348. The van der Waals surface area contributed by atoms with Gasteiger partial charge in [-0.1, -0.05) is 48.5 Å². The Morgan fingerprint density at radius 3 is 2.33 bits per heavy atom. The highest BCUT2D eigenvalue weighted by Crippen LogP contribution is 2.52. The van der Waals surface area contributed by atoms with Crippen molar-refractivity contribution in [1.29, 1.82) is 0 Å². The van der Waals surface area contributed by atoms with Crippen molar-refractivity contribution in [2.75, 3.05) is 50.4 Å². The molecule has 2 aromatic carbocycles. The number of carbonyl (C=O) groups is 1. The molecule has 6 nitrogen and oxygen atoms in total. The van der Waals surface area contributed by atoms with Gasteiger partial charge in [0, 0.05) is 45.0 Å². The number of carbonyl (C=O) groups excluding carboxylic acids is 1. The highest BCUT2D eigenvalue weighted by molar-refractivity contribution is 8.28. The van der Waals surface area contributed by atoms with Crippen molar-refractivity contribution >= 4 is 28.3 Å².